The van der Waals surface area contributed by atoms with E-state index in [4.69, 9.17) is 16.3 Å². The lowest BCUT2D eigenvalue weighted by Crippen LogP contribution is -2.39. The van der Waals surface area contributed by atoms with E-state index in [1.54, 1.807) is 0 Å². The number of hydrazine groups is 1. The van der Waals surface area contributed by atoms with Gasteiger partial charge in [-0.1, -0.05) is 36.7 Å². The predicted octanol–water partition coefficient (Wildman–Crippen LogP) is 4.54. The second-order valence-electron chi connectivity index (χ2n) is 6.21. The molecule has 2 aliphatic rings. The molecule has 3 atom stereocenters. The number of nitrogens with one attached hydrogen (secondary N) is 1. The van der Waals surface area contributed by atoms with E-state index in [0.717, 1.165) is 34.5 Å². The highest BCUT2D eigenvalue weighted by molar-refractivity contribution is 7.99. The number of halogens is 1. The number of rotatable bonds is 4. The van der Waals surface area contributed by atoms with Crippen LogP contribution in [0.5, 0.6) is 5.75 Å². The van der Waals surface area contributed by atoms with E-state index in [0.29, 0.717) is 12.0 Å². The molecule has 0 aromatic heterocycles. The van der Waals surface area contributed by atoms with Gasteiger partial charge >= 0.3 is 0 Å². The fraction of sp³-hybridized carbons (Fsp3) is 0.368. The first-order chi connectivity index (χ1) is 11.8. The summed E-state index contributed by atoms with van der Waals surface area (Å²) in [6.45, 7) is 3.14. The van der Waals surface area contributed by atoms with Crippen LogP contribution in [0.3, 0.4) is 0 Å². The number of thioether (sulfide) groups is 1. The largest absolute Gasteiger partial charge is 0.489 e. The summed E-state index contributed by atoms with van der Waals surface area (Å²) in [7, 11) is 0. The Labute approximate surface area is 152 Å². The summed E-state index contributed by atoms with van der Waals surface area (Å²) in [5, 5.41) is 3.00. The van der Waals surface area contributed by atoms with Gasteiger partial charge in [0.25, 0.3) is 0 Å². The predicted molar refractivity (Wildman–Crippen MR) is 102 cm³/mol. The van der Waals surface area contributed by atoms with Crippen LogP contribution in [0, 0.1) is 5.92 Å². The summed E-state index contributed by atoms with van der Waals surface area (Å²) in [5.74, 6) is 3.61. The molecule has 2 aromatic carbocycles. The summed E-state index contributed by atoms with van der Waals surface area (Å²) < 4.78 is 6.34. The third kappa shape index (κ3) is 2.99. The molecule has 24 heavy (non-hydrogen) atoms. The van der Waals surface area contributed by atoms with Gasteiger partial charge in [-0.05, 0) is 36.1 Å². The van der Waals surface area contributed by atoms with Crippen molar-refractivity contribution in [3.05, 3.63) is 59.1 Å². The van der Waals surface area contributed by atoms with Crippen molar-refractivity contribution < 1.29 is 4.74 Å². The molecule has 3 nitrogen and oxygen atoms in total. The molecule has 0 spiro atoms. The number of para-hydroxylation sites is 1. The van der Waals surface area contributed by atoms with Crippen LogP contribution in [-0.2, 0) is 0 Å². The number of hydrogen-bond acceptors (Lipinski definition) is 4. The molecule has 2 aliphatic heterocycles. The molecule has 126 valence electrons. The zero-order valence-corrected chi connectivity index (χ0v) is 15.2. The lowest BCUT2D eigenvalue weighted by Gasteiger charge is -2.34. The molecule has 3 unspecified atom stereocenters. The monoisotopic (exact) mass is 360 g/mol. The Morgan fingerprint density at radius 3 is 2.79 bits per heavy atom. The molecule has 0 amide bonds. The molecule has 5 heteroatoms. The highest BCUT2D eigenvalue weighted by Gasteiger charge is 2.44. The number of fused-ring (bicyclic) bond motifs is 3. The molecule has 1 saturated heterocycles. The average molecular weight is 361 g/mol. The first-order valence-corrected chi connectivity index (χ1v) is 9.92. The Morgan fingerprint density at radius 2 is 2.00 bits per heavy atom. The summed E-state index contributed by atoms with van der Waals surface area (Å²) in [4.78, 5) is 0. The molecule has 2 aromatic rings. The van der Waals surface area contributed by atoms with Gasteiger partial charge in [0.1, 0.15) is 11.9 Å². The summed E-state index contributed by atoms with van der Waals surface area (Å²) in [6, 6.07) is 16.7. The molecule has 0 saturated carbocycles. The number of hydrogen-bond donors (Lipinski definition) is 1. The zero-order chi connectivity index (χ0) is 16.5. The van der Waals surface area contributed by atoms with Crippen LogP contribution in [0.15, 0.2) is 48.5 Å². The van der Waals surface area contributed by atoms with Gasteiger partial charge in [0.15, 0.2) is 0 Å². The molecule has 1 fully saturated rings. The van der Waals surface area contributed by atoms with Crippen molar-refractivity contribution in [2.75, 3.05) is 23.1 Å². The zero-order valence-electron chi connectivity index (χ0n) is 13.6. The van der Waals surface area contributed by atoms with Crippen LogP contribution in [0.25, 0.3) is 0 Å². The number of benzene rings is 2. The number of ether oxygens (including phenoxy) is 1. The maximum Gasteiger partial charge on any atom is 0.124 e. The van der Waals surface area contributed by atoms with Crippen LogP contribution in [0.1, 0.15) is 18.5 Å². The lowest BCUT2D eigenvalue weighted by atomic mass is 9.88. The quantitative estimate of drug-likeness (QED) is 0.865. The van der Waals surface area contributed by atoms with Crippen LogP contribution in [0.2, 0.25) is 5.02 Å². The van der Waals surface area contributed by atoms with Crippen LogP contribution in [0.4, 0.5) is 5.69 Å². The maximum atomic E-state index is 6.34. The minimum atomic E-state index is 0.236. The van der Waals surface area contributed by atoms with Crippen molar-refractivity contribution in [1.82, 2.24) is 5.43 Å². The van der Waals surface area contributed by atoms with Crippen molar-refractivity contribution in [1.29, 1.82) is 0 Å². The Morgan fingerprint density at radius 1 is 1.21 bits per heavy atom. The second-order valence-corrected chi connectivity index (χ2v) is 7.97. The first-order valence-electron chi connectivity index (χ1n) is 8.39. The molecular formula is C19H21ClN2OS. The molecule has 4 rings (SSSR count). The maximum absolute atomic E-state index is 6.34. The van der Waals surface area contributed by atoms with Gasteiger partial charge in [-0.25, -0.2) is 5.43 Å². The Balaban J connectivity index is 1.63. The van der Waals surface area contributed by atoms with Crippen LogP contribution < -0.4 is 15.2 Å². The number of nitrogens with zero attached hydrogens (tertiary/aromatic N) is 1. The third-order valence-corrected chi connectivity index (χ3v) is 5.98. The van der Waals surface area contributed by atoms with Gasteiger partial charge in [-0.3, -0.25) is 0 Å². The van der Waals surface area contributed by atoms with Gasteiger partial charge in [-0.15, -0.1) is 0 Å². The normalized spacial score (nSPS) is 25.1. The summed E-state index contributed by atoms with van der Waals surface area (Å²) in [6.07, 6.45) is 0.236. The van der Waals surface area contributed by atoms with E-state index in [1.807, 2.05) is 23.9 Å². The van der Waals surface area contributed by atoms with Gasteiger partial charge in [0.05, 0.1) is 11.7 Å². The molecule has 1 N–H and O–H groups in total. The van der Waals surface area contributed by atoms with Crippen molar-refractivity contribution >= 4 is 29.1 Å². The standard InChI is InChI=1S/C19H21ClN2OS/c1-2-24-12-18-16-11-22(14-9-7-13(20)8-10-14)21-19(16)15-5-3-4-6-17(15)23-18/h3-10,16,18-19,21H,2,11-12H2,1H3. The Hall–Kier alpha value is -1.36. The minimum Gasteiger partial charge on any atom is -0.489 e. The minimum absolute atomic E-state index is 0.236. The van der Waals surface area contributed by atoms with E-state index < -0.39 is 0 Å². The topological polar surface area (TPSA) is 24.5 Å². The average Bonchev–Trinajstić information content (AvgIpc) is 3.06. The van der Waals surface area contributed by atoms with Crippen LogP contribution in [-0.4, -0.2) is 24.2 Å². The van der Waals surface area contributed by atoms with Gasteiger partial charge in [0.2, 0.25) is 0 Å². The smallest absolute Gasteiger partial charge is 0.124 e. The molecule has 2 heterocycles. The highest BCUT2D eigenvalue weighted by atomic mass is 35.5. The summed E-state index contributed by atoms with van der Waals surface area (Å²) >= 11 is 7.97. The van der Waals surface area contributed by atoms with Crippen molar-refractivity contribution in [3.8, 4) is 5.75 Å². The fourth-order valence-corrected chi connectivity index (χ4v) is 4.46. The van der Waals surface area contributed by atoms with E-state index in [9.17, 15) is 0 Å². The lowest BCUT2D eigenvalue weighted by molar-refractivity contribution is 0.127. The van der Waals surface area contributed by atoms with Crippen molar-refractivity contribution in [2.45, 2.75) is 19.1 Å². The number of anilines is 1. The first kappa shape index (κ1) is 16.1. The third-order valence-electron chi connectivity index (χ3n) is 4.75. The highest BCUT2D eigenvalue weighted by Crippen LogP contribution is 2.43. The van der Waals surface area contributed by atoms with Gasteiger partial charge < -0.3 is 9.75 Å². The van der Waals surface area contributed by atoms with Gasteiger partial charge in [0, 0.05) is 28.8 Å². The fourth-order valence-electron chi connectivity index (χ4n) is 3.55. The molecule has 0 radical (unpaired) electrons. The van der Waals surface area contributed by atoms with Crippen molar-refractivity contribution in [3.63, 3.8) is 0 Å². The molecular weight excluding hydrogens is 340 g/mol. The Bertz CT molecular complexity index is 709. The van der Waals surface area contributed by atoms with Crippen LogP contribution >= 0.6 is 23.4 Å². The van der Waals surface area contributed by atoms with E-state index in [2.05, 4.69) is 53.8 Å². The van der Waals surface area contributed by atoms with Crippen molar-refractivity contribution in [2.24, 2.45) is 5.92 Å². The Kier molecular flexibility index (Phi) is 4.61. The van der Waals surface area contributed by atoms with Gasteiger partial charge in [-0.2, -0.15) is 11.8 Å². The molecule has 0 aliphatic carbocycles. The second kappa shape index (κ2) is 6.87. The summed E-state index contributed by atoms with van der Waals surface area (Å²) in [5.41, 5.74) is 6.10. The SMILES string of the molecule is CCSCC1Oc2ccccc2C2NN(c3ccc(Cl)cc3)CC12. The molecule has 0 bridgehead atoms. The van der Waals surface area contributed by atoms with E-state index in [-0.39, 0.29) is 6.10 Å². The van der Waals surface area contributed by atoms with E-state index >= 15 is 0 Å². The van der Waals surface area contributed by atoms with E-state index in [1.165, 1.54) is 5.56 Å².